The second-order valence-corrected chi connectivity index (χ2v) is 7.83. The molecule has 8 nitrogen and oxygen atoms in total. The van der Waals surface area contributed by atoms with Gasteiger partial charge in [-0.1, -0.05) is 12.1 Å². The number of methoxy groups -OCH3 is 3. The van der Waals surface area contributed by atoms with E-state index in [1.54, 1.807) is 34.4 Å². The zero-order valence-electron chi connectivity index (χ0n) is 19.0. The largest absolute Gasteiger partial charge is 0.497 e. The first-order chi connectivity index (χ1) is 15.5. The average Bonchev–Trinajstić information content (AvgIpc) is 3.33. The number of H-pyrrole nitrogens is 1. The van der Waals surface area contributed by atoms with Gasteiger partial charge in [-0.2, -0.15) is 0 Å². The Kier molecular flexibility index (Phi) is 5.80. The first kappa shape index (κ1) is 21.7. The van der Waals surface area contributed by atoms with Crippen LogP contribution in [0.15, 0.2) is 48.3 Å². The van der Waals surface area contributed by atoms with Crippen molar-refractivity contribution in [2.45, 2.75) is 18.9 Å². The molecule has 1 atom stereocenters. The molecule has 2 heterocycles. The van der Waals surface area contributed by atoms with Crippen molar-refractivity contribution in [2.75, 3.05) is 39.9 Å². The summed E-state index contributed by atoms with van der Waals surface area (Å²) in [6.45, 7) is 2.34. The molecule has 0 spiro atoms. The lowest BCUT2D eigenvalue weighted by atomic mass is 9.90. The lowest BCUT2D eigenvalue weighted by Gasteiger charge is -2.37. The summed E-state index contributed by atoms with van der Waals surface area (Å²) in [4.78, 5) is 24.0. The SMILES string of the molecule is CNC1=C(c2nc3ccccc3[nH]2)C(=O)[C@@](C)(CCOC)N1c1cc(OC)cc(OC)c1. The van der Waals surface area contributed by atoms with Crippen LogP contribution >= 0.6 is 0 Å². The molecule has 0 aliphatic carbocycles. The lowest BCUT2D eigenvalue weighted by Crippen LogP contribution is -2.49. The molecule has 2 aromatic carbocycles. The minimum absolute atomic E-state index is 0.0419. The molecule has 0 saturated carbocycles. The van der Waals surface area contributed by atoms with Crippen LogP contribution in [0.25, 0.3) is 16.6 Å². The standard InChI is InChI=1S/C24H28N4O4/c1-24(10-11-30-3)21(29)20(22-26-18-8-6-7-9-19(18)27-22)23(25-2)28(24)15-12-16(31-4)14-17(13-15)32-5/h6-9,12-14,25H,10-11H2,1-5H3,(H,26,27)/t24-/m1/s1. The number of ketones is 1. The molecule has 8 heteroatoms. The highest BCUT2D eigenvalue weighted by molar-refractivity contribution is 6.30. The number of aromatic amines is 1. The van der Waals surface area contributed by atoms with Gasteiger partial charge in [0.25, 0.3) is 0 Å². The van der Waals surface area contributed by atoms with Crippen LogP contribution in [0.1, 0.15) is 19.2 Å². The van der Waals surface area contributed by atoms with Gasteiger partial charge in [0.1, 0.15) is 34.3 Å². The van der Waals surface area contributed by atoms with Gasteiger partial charge in [0, 0.05) is 45.4 Å². The molecule has 0 bridgehead atoms. The fourth-order valence-corrected chi connectivity index (χ4v) is 4.23. The Morgan fingerprint density at radius 1 is 1.09 bits per heavy atom. The number of nitrogens with zero attached hydrogens (tertiary/aromatic N) is 2. The molecule has 32 heavy (non-hydrogen) atoms. The number of carbonyl (C=O) groups is 1. The minimum atomic E-state index is -0.903. The summed E-state index contributed by atoms with van der Waals surface area (Å²) in [6, 6.07) is 13.3. The molecule has 0 fully saturated rings. The summed E-state index contributed by atoms with van der Waals surface area (Å²) < 4.78 is 16.3. The van der Waals surface area contributed by atoms with Gasteiger partial charge in [-0.15, -0.1) is 0 Å². The van der Waals surface area contributed by atoms with Crippen LogP contribution in [-0.4, -0.2) is 56.3 Å². The second-order valence-electron chi connectivity index (χ2n) is 7.83. The molecule has 1 aliphatic rings. The monoisotopic (exact) mass is 436 g/mol. The first-order valence-corrected chi connectivity index (χ1v) is 10.4. The number of nitrogens with one attached hydrogen (secondary N) is 2. The van der Waals surface area contributed by atoms with Gasteiger partial charge in [0.05, 0.1) is 30.9 Å². The van der Waals surface area contributed by atoms with Gasteiger partial charge in [0.15, 0.2) is 5.78 Å². The number of anilines is 1. The Morgan fingerprint density at radius 3 is 2.38 bits per heavy atom. The number of benzene rings is 2. The summed E-state index contributed by atoms with van der Waals surface area (Å²) in [7, 11) is 6.64. The Morgan fingerprint density at radius 2 is 1.78 bits per heavy atom. The number of imidazole rings is 1. The smallest absolute Gasteiger partial charge is 0.195 e. The molecule has 0 saturated heterocycles. The summed E-state index contributed by atoms with van der Waals surface area (Å²) >= 11 is 0. The van der Waals surface area contributed by atoms with Crippen LogP contribution < -0.4 is 19.7 Å². The molecule has 3 aromatic rings. The highest BCUT2D eigenvalue weighted by atomic mass is 16.5. The quantitative estimate of drug-likeness (QED) is 0.560. The van der Waals surface area contributed by atoms with Crippen LogP contribution in [-0.2, 0) is 9.53 Å². The average molecular weight is 437 g/mol. The maximum Gasteiger partial charge on any atom is 0.195 e. The van der Waals surface area contributed by atoms with Crippen molar-refractivity contribution in [2.24, 2.45) is 0 Å². The van der Waals surface area contributed by atoms with E-state index in [9.17, 15) is 4.79 Å². The number of rotatable bonds is 8. The van der Waals surface area contributed by atoms with Gasteiger partial charge in [-0.3, -0.25) is 4.79 Å². The topological polar surface area (TPSA) is 88.7 Å². The predicted octanol–water partition coefficient (Wildman–Crippen LogP) is 3.35. The van der Waals surface area contributed by atoms with E-state index in [1.165, 1.54) is 0 Å². The van der Waals surface area contributed by atoms with E-state index in [0.717, 1.165) is 16.7 Å². The third-order valence-electron chi connectivity index (χ3n) is 5.92. The van der Waals surface area contributed by atoms with Gasteiger partial charge >= 0.3 is 0 Å². The molecule has 2 N–H and O–H groups in total. The molecule has 168 valence electrons. The van der Waals surface area contributed by atoms with Gasteiger partial charge in [0.2, 0.25) is 0 Å². The van der Waals surface area contributed by atoms with Gasteiger partial charge in [-0.05, 0) is 19.1 Å². The van der Waals surface area contributed by atoms with Crippen molar-refractivity contribution in [3.63, 3.8) is 0 Å². The van der Waals surface area contributed by atoms with E-state index in [0.29, 0.717) is 41.7 Å². The molecule has 1 aliphatic heterocycles. The van der Waals surface area contributed by atoms with E-state index in [2.05, 4.69) is 10.3 Å². The van der Waals surface area contributed by atoms with Crippen LogP contribution in [0.5, 0.6) is 11.5 Å². The molecule has 4 rings (SSSR count). The van der Waals surface area contributed by atoms with Crippen molar-refractivity contribution in [3.05, 3.63) is 54.1 Å². The lowest BCUT2D eigenvalue weighted by molar-refractivity contribution is -0.117. The zero-order valence-corrected chi connectivity index (χ0v) is 19.0. The maximum absolute atomic E-state index is 14.0. The number of aromatic nitrogens is 2. The normalized spacial score (nSPS) is 18.5. The van der Waals surface area contributed by atoms with Crippen molar-refractivity contribution in [3.8, 4) is 11.5 Å². The molecular weight excluding hydrogens is 408 g/mol. The number of para-hydroxylation sites is 2. The number of carbonyl (C=O) groups excluding carboxylic acids is 1. The highest BCUT2D eigenvalue weighted by Crippen LogP contribution is 2.44. The van der Waals surface area contributed by atoms with Crippen molar-refractivity contribution < 1.29 is 19.0 Å². The van der Waals surface area contributed by atoms with E-state index in [1.807, 2.05) is 48.2 Å². The van der Waals surface area contributed by atoms with Crippen LogP contribution in [0, 0.1) is 0 Å². The first-order valence-electron chi connectivity index (χ1n) is 10.4. The predicted molar refractivity (Wildman–Crippen MR) is 124 cm³/mol. The number of hydrogen-bond donors (Lipinski definition) is 2. The summed E-state index contributed by atoms with van der Waals surface area (Å²) in [5.41, 5.74) is 2.05. The Hall–Kier alpha value is -3.52. The van der Waals surface area contributed by atoms with E-state index < -0.39 is 5.54 Å². The molecule has 0 radical (unpaired) electrons. The number of Topliss-reactive ketones (excluding diaryl/α,β-unsaturated/α-hetero) is 1. The molecule has 0 unspecified atom stereocenters. The zero-order chi connectivity index (χ0) is 22.9. The van der Waals surface area contributed by atoms with Gasteiger partial charge in [-0.25, -0.2) is 4.98 Å². The molecular formula is C24H28N4O4. The van der Waals surface area contributed by atoms with Crippen molar-refractivity contribution in [1.29, 1.82) is 0 Å². The summed E-state index contributed by atoms with van der Waals surface area (Å²) in [6.07, 6.45) is 0.483. The minimum Gasteiger partial charge on any atom is -0.497 e. The maximum atomic E-state index is 14.0. The molecule has 1 aromatic heterocycles. The van der Waals surface area contributed by atoms with Crippen LogP contribution in [0.2, 0.25) is 0 Å². The number of ether oxygens (including phenoxy) is 3. The molecule has 0 amide bonds. The number of hydrogen-bond acceptors (Lipinski definition) is 7. The highest BCUT2D eigenvalue weighted by Gasteiger charge is 2.51. The third kappa shape index (κ3) is 3.46. The summed E-state index contributed by atoms with van der Waals surface area (Å²) in [5.74, 6) is 2.41. The van der Waals surface area contributed by atoms with Crippen LogP contribution in [0.4, 0.5) is 5.69 Å². The Bertz CT molecular complexity index is 1130. The fourth-order valence-electron chi connectivity index (χ4n) is 4.23. The Balaban J connectivity index is 1.94. The van der Waals surface area contributed by atoms with E-state index in [-0.39, 0.29) is 5.78 Å². The third-order valence-corrected chi connectivity index (χ3v) is 5.92. The summed E-state index contributed by atoms with van der Waals surface area (Å²) in [5, 5.41) is 3.24. The van der Waals surface area contributed by atoms with Crippen molar-refractivity contribution >= 4 is 28.1 Å². The van der Waals surface area contributed by atoms with E-state index >= 15 is 0 Å². The number of fused-ring (bicyclic) bond motifs is 1. The van der Waals surface area contributed by atoms with Crippen LogP contribution in [0.3, 0.4) is 0 Å². The Labute approximate surface area is 187 Å². The van der Waals surface area contributed by atoms with Gasteiger partial charge < -0.3 is 29.4 Å². The second kappa shape index (κ2) is 8.55. The fraction of sp³-hybridized carbons (Fsp3) is 0.333. The van der Waals surface area contributed by atoms with E-state index in [4.69, 9.17) is 19.2 Å². The van der Waals surface area contributed by atoms with Crippen molar-refractivity contribution in [1.82, 2.24) is 15.3 Å².